The summed E-state index contributed by atoms with van der Waals surface area (Å²) < 4.78 is 36.7. The molecule has 0 saturated carbocycles. The maximum Gasteiger partial charge on any atom is 0.261 e. The molecule has 2 heterocycles. The Morgan fingerprint density at radius 1 is 1.00 bits per heavy atom. The molecule has 10 heteroatoms. The number of hydrogen-bond donors (Lipinski definition) is 0. The van der Waals surface area contributed by atoms with Crippen LogP contribution in [0.1, 0.15) is 52.4 Å². The second kappa shape index (κ2) is 11.2. The van der Waals surface area contributed by atoms with Crippen LogP contribution in [0.5, 0.6) is 11.6 Å². The maximum absolute atomic E-state index is 14.9. The summed E-state index contributed by atoms with van der Waals surface area (Å²) in [6.07, 6.45) is 4.25. The topological polar surface area (TPSA) is 105 Å². The van der Waals surface area contributed by atoms with Crippen LogP contribution in [0.3, 0.4) is 0 Å². The molecule has 0 aliphatic rings. The van der Waals surface area contributed by atoms with E-state index in [0.29, 0.717) is 41.8 Å². The fourth-order valence-corrected chi connectivity index (χ4v) is 4.32. The molecule has 0 unspecified atom stereocenters. The van der Waals surface area contributed by atoms with Crippen molar-refractivity contribution in [2.75, 3.05) is 21.3 Å². The summed E-state index contributed by atoms with van der Waals surface area (Å²) in [5, 5.41) is 16.2. The Morgan fingerprint density at radius 2 is 1.76 bits per heavy atom. The Bertz CT molecular complexity index is 1470. The lowest BCUT2D eigenvalue weighted by molar-refractivity contribution is 0.209. The van der Waals surface area contributed by atoms with Gasteiger partial charge in [-0.3, -0.25) is 0 Å². The third-order valence-corrected chi connectivity index (χ3v) is 5.92. The van der Waals surface area contributed by atoms with Crippen LogP contribution >= 0.6 is 0 Å². The zero-order valence-electron chi connectivity index (χ0n) is 21.7. The molecular weight excluding hydrogens is 479 g/mol. The van der Waals surface area contributed by atoms with Crippen LogP contribution in [-0.4, -0.2) is 42.6 Å². The van der Waals surface area contributed by atoms with Crippen molar-refractivity contribution >= 4 is 22.5 Å². The number of aromatic nitrogens is 3. The third-order valence-electron chi connectivity index (χ3n) is 5.92. The standard InChI is InChI=1S/C27H29FN4O5/c1-15-11-18(13-21(24(15)33-4)26(28)31-35-6)20(9-7-8-10-23-30-29-17(3)36-23)19-12-16(2)25-22(14-19)27(34-5)32-37-25/h9,11-14H,7-8,10H2,1-6H3/b20-9+,31-26?. The van der Waals surface area contributed by atoms with E-state index in [1.54, 1.807) is 20.1 Å². The number of aryl methyl sites for hydroxylation is 4. The van der Waals surface area contributed by atoms with Gasteiger partial charge in [0.05, 0.1) is 25.2 Å². The minimum absolute atomic E-state index is 0.201. The van der Waals surface area contributed by atoms with E-state index in [4.69, 9.17) is 18.4 Å². The third kappa shape index (κ3) is 5.47. The fraction of sp³-hybridized carbons (Fsp3) is 0.333. The summed E-state index contributed by atoms with van der Waals surface area (Å²) in [6.45, 7) is 5.57. The van der Waals surface area contributed by atoms with E-state index in [2.05, 4.69) is 31.4 Å². The fourth-order valence-electron chi connectivity index (χ4n) is 4.32. The first-order valence-corrected chi connectivity index (χ1v) is 11.8. The summed E-state index contributed by atoms with van der Waals surface area (Å²) in [7, 11) is 4.34. The number of oxime groups is 1. The molecule has 4 aromatic rings. The second-order valence-corrected chi connectivity index (χ2v) is 8.53. The first kappa shape index (κ1) is 25.9. The van der Waals surface area contributed by atoms with Gasteiger partial charge in [-0.1, -0.05) is 11.2 Å². The van der Waals surface area contributed by atoms with E-state index in [1.807, 2.05) is 32.0 Å². The average Bonchev–Trinajstić information content (AvgIpc) is 3.49. The second-order valence-electron chi connectivity index (χ2n) is 8.53. The summed E-state index contributed by atoms with van der Waals surface area (Å²) in [5.41, 5.74) is 5.09. The van der Waals surface area contributed by atoms with E-state index < -0.39 is 5.97 Å². The zero-order chi connectivity index (χ0) is 26.5. The zero-order valence-corrected chi connectivity index (χ0v) is 21.7. The van der Waals surface area contributed by atoms with Crippen LogP contribution in [0.15, 0.2) is 44.4 Å². The van der Waals surface area contributed by atoms with Crippen molar-refractivity contribution in [1.29, 1.82) is 0 Å². The van der Waals surface area contributed by atoms with Crippen molar-refractivity contribution in [2.45, 2.75) is 40.0 Å². The van der Waals surface area contributed by atoms with Crippen LogP contribution in [0, 0.1) is 20.8 Å². The van der Waals surface area contributed by atoms with Crippen LogP contribution in [0.2, 0.25) is 0 Å². The van der Waals surface area contributed by atoms with Gasteiger partial charge in [-0.25, -0.2) is 0 Å². The smallest absolute Gasteiger partial charge is 0.261 e. The van der Waals surface area contributed by atoms with Gasteiger partial charge in [0.1, 0.15) is 12.9 Å². The Morgan fingerprint density at radius 3 is 2.43 bits per heavy atom. The first-order chi connectivity index (χ1) is 17.9. The molecule has 0 saturated heterocycles. The number of nitrogens with zero attached hydrogens (tertiary/aromatic N) is 4. The number of halogens is 1. The predicted molar refractivity (Wildman–Crippen MR) is 137 cm³/mol. The molecule has 0 bridgehead atoms. The Hall–Kier alpha value is -4.21. The predicted octanol–water partition coefficient (Wildman–Crippen LogP) is 5.89. The minimum Gasteiger partial charge on any atom is -0.496 e. The molecule has 0 atom stereocenters. The van der Waals surface area contributed by atoms with Crippen molar-refractivity contribution in [3.8, 4) is 11.6 Å². The molecule has 9 nitrogen and oxygen atoms in total. The maximum atomic E-state index is 14.9. The van der Waals surface area contributed by atoms with Crippen LogP contribution in [0.4, 0.5) is 4.39 Å². The van der Waals surface area contributed by atoms with Gasteiger partial charge >= 0.3 is 0 Å². The van der Waals surface area contributed by atoms with Gasteiger partial charge in [-0.05, 0) is 83.9 Å². The van der Waals surface area contributed by atoms with E-state index in [-0.39, 0.29) is 5.56 Å². The minimum atomic E-state index is -0.775. The molecule has 0 amide bonds. The van der Waals surface area contributed by atoms with Crippen LogP contribution in [0.25, 0.3) is 16.5 Å². The highest BCUT2D eigenvalue weighted by Crippen LogP contribution is 2.36. The van der Waals surface area contributed by atoms with Gasteiger partial charge in [-0.2, -0.15) is 4.39 Å². The lowest BCUT2D eigenvalue weighted by Gasteiger charge is -2.16. The summed E-state index contributed by atoms with van der Waals surface area (Å²) in [4.78, 5) is 4.68. The lowest BCUT2D eigenvalue weighted by atomic mass is 9.91. The molecule has 4 rings (SSSR count). The van der Waals surface area contributed by atoms with Gasteiger partial charge in [-0.15, -0.1) is 10.2 Å². The molecule has 0 N–H and O–H groups in total. The van der Waals surface area contributed by atoms with E-state index >= 15 is 0 Å². The Kier molecular flexibility index (Phi) is 7.86. The van der Waals surface area contributed by atoms with Gasteiger partial charge in [0.2, 0.25) is 11.8 Å². The number of allylic oxidation sites excluding steroid dienone is 1. The Labute approximate surface area is 213 Å². The molecule has 0 aliphatic carbocycles. The molecule has 194 valence electrons. The number of ether oxygens (including phenoxy) is 2. The number of benzene rings is 2. The van der Waals surface area contributed by atoms with E-state index in [9.17, 15) is 4.39 Å². The molecule has 2 aromatic heterocycles. The van der Waals surface area contributed by atoms with E-state index in [0.717, 1.165) is 39.6 Å². The van der Waals surface area contributed by atoms with Crippen molar-refractivity contribution in [2.24, 2.45) is 5.16 Å². The van der Waals surface area contributed by atoms with Gasteiger partial charge in [0.15, 0.2) is 5.58 Å². The SMILES string of the molecule is CON=C(F)c1cc(/C(=C\CCCc2nnc(C)o2)c2cc(C)c3onc(OC)c3c2)cc(C)c1OC. The summed E-state index contributed by atoms with van der Waals surface area (Å²) in [6, 6.07) is 7.64. The van der Waals surface area contributed by atoms with Crippen LogP contribution < -0.4 is 9.47 Å². The Balaban J connectivity index is 1.82. The van der Waals surface area contributed by atoms with Crippen molar-refractivity contribution in [3.63, 3.8) is 0 Å². The van der Waals surface area contributed by atoms with Crippen LogP contribution in [-0.2, 0) is 11.3 Å². The first-order valence-electron chi connectivity index (χ1n) is 11.8. The van der Waals surface area contributed by atoms with E-state index in [1.165, 1.54) is 14.2 Å². The quantitative estimate of drug-likeness (QED) is 0.148. The highest BCUT2D eigenvalue weighted by atomic mass is 19.1. The summed E-state index contributed by atoms with van der Waals surface area (Å²) in [5.74, 6) is 1.15. The highest BCUT2D eigenvalue weighted by molar-refractivity contribution is 5.98. The van der Waals surface area contributed by atoms with Crippen molar-refractivity contribution in [1.82, 2.24) is 15.4 Å². The number of fused-ring (bicyclic) bond motifs is 1. The number of hydrogen-bond acceptors (Lipinski definition) is 9. The molecule has 0 spiro atoms. The molecule has 37 heavy (non-hydrogen) atoms. The molecule has 0 fully saturated rings. The average molecular weight is 509 g/mol. The monoisotopic (exact) mass is 508 g/mol. The largest absolute Gasteiger partial charge is 0.496 e. The highest BCUT2D eigenvalue weighted by Gasteiger charge is 2.19. The van der Waals surface area contributed by atoms with Crippen molar-refractivity contribution in [3.05, 3.63) is 69.9 Å². The van der Waals surface area contributed by atoms with Gasteiger partial charge < -0.3 is 23.3 Å². The van der Waals surface area contributed by atoms with Crippen molar-refractivity contribution < 1.29 is 27.6 Å². The van der Waals surface area contributed by atoms with Gasteiger partial charge in [0, 0.05) is 13.3 Å². The molecule has 0 aliphatic heterocycles. The lowest BCUT2D eigenvalue weighted by Crippen LogP contribution is -2.03. The van der Waals surface area contributed by atoms with Gasteiger partial charge in [0.25, 0.3) is 11.8 Å². The number of methoxy groups -OCH3 is 2. The number of unbranched alkanes of at least 4 members (excludes halogenated alkanes) is 1. The normalized spacial score (nSPS) is 12.3. The molecule has 0 radical (unpaired) electrons. The number of rotatable bonds is 10. The summed E-state index contributed by atoms with van der Waals surface area (Å²) >= 11 is 0. The molecule has 2 aromatic carbocycles. The molecular formula is C27H29FN4O5.